The van der Waals surface area contributed by atoms with Crippen molar-refractivity contribution in [3.05, 3.63) is 34.9 Å². The third kappa shape index (κ3) is 4.31. The minimum absolute atomic E-state index is 0.0475. The predicted octanol–water partition coefficient (Wildman–Crippen LogP) is 4.01. The van der Waals surface area contributed by atoms with Gasteiger partial charge in [-0.2, -0.15) is 13.2 Å². The van der Waals surface area contributed by atoms with E-state index < -0.39 is 17.7 Å². The van der Waals surface area contributed by atoms with Crippen molar-refractivity contribution in [2.45, 2.75) is 25.9 Å². The number of unbranched alkanes of at least 4 members (excludes halogenated alkanes) is 1. The molecular formula is C13H13F3O2S. The summed E-state index contributed by atoms with van der Waals surface area (Å²) in [6.45, 7) is 2.18. The van der Waals surface area contributed by atoms with E-state index in [0.29, 0.717) is 6.42 Å². The van der Waals surface area contributed by atoms with Gasteiger partial charge >= 0.3 is 12.1 Å². The lowest BCUT2D eigenvalue weighted by Gasteiger charge is -2.10. The molecule has 0 fully saturated rings. The molecule has 19 heavy (non-hydrogen) atoms. The average Bonchev–Trinajstić information content (AvgIpc) is 2.37. The minimum Gasteiger partial charge on any atom is -0.462 e. The molecule has 0 aliphatic carbocycles. The van der Waals surface area contributed by atoms with E-state index in [9.17, 15) is 18.0 Å². The van der Waals surface area contributed by atoms with Gasteiger partial charge in [-0.15, -0.1) is 0 Å². The number of alkyl halides is 3. The van der Waals surface area contributed by atoms with Crippen LogP contribution in [-0.2, 0) is 10.9 Å². The summed E-state index contributed by atoms with van der Waals surface area (Å²) in [7, 11) is 0. The van der Waals surface area contributed by atoms with Crippen molar-refractivity contribution in [1.82, 2.24) is 0 Å². The summed E-state index contributed by atoms with van der Waals surface area (Å²) in [6, 6.07) is 2.79. The lowest BCUT2D eigenvalue weighted by atomic mass is 10.0. The Balaban J connectivity index is 2.96. The van der Waals surface area contributed by atoms with Crippen LogP contribution >= 0.6 is 12.2 Å². The van der Waals surface area contributed by atoms with Crippen LogP contribution in [0.25, 0.3) is 0 Å². The molecule has 1 aromatic rings. The third-order valence-corrected chi connectivity index (χ3v) is 2.71. The number of rotatable bonds is 5. The zero-order chi connectivity index (χ0) is 14.5. The van der Waals surface area contributed by atoms with Gasteiger partial charge in [0.05, 0.1) is 17.7 Å². The first-order valence-corrected chi connectivity index (χ1v) is 6.20. The minimum atomic E-state index is -4.46. The van der Waals surface area contributed by atoms with Crippen LogP contribution in [0.3, 0.4) is 0 Å². The zero-order valence-corrected chi connectivity index (χ0v) is 11.1. The second-order valence-electron chi connectivity index (χ2n) is 3.91. The number of halogens is 3. The maximum atomic E-state index is 12.5. The van der Waals surface area contributed by atoms with Crippen molar-refractivity contribution >= 4 is 23.6 Å². The molecule has 1 aromatic carbocycles. The maximum absolute atomic E-state index is 12.5. The van der Waals surface area contributed by atoms with Gasteiger partial charge < -0.3 is 4.74 Å². The summed E-state index contributed by atoms with van der Waals surface area (Å²) in [5, 5.41) is 1.05. The molecule has 0 unspecified atom stereocenters. The largest absolute Gasteiger partial charge is 0.462 e. The Morgan fingerprint density at radius 3 is 2.63 bits per heavy atom. The molecule has 1 rings (SSSR count). The van der Waals surface area contributed by atoms with E-state index in [1.54, 1.807) is 0 Å². The molecule has 0 aromatic heterocycles. The molecular weight excluding hydrogens is 277 g/mol. The van der Waals surface area contributed by atoms with Gasteiger partial charge in [-0.1, -0.05) is 25.6 Å². The maximum Gasteiger partial charge on any atom is 0.416 e. The van der Waals surface area contributed by atoms with Gasteiger partial charge in [-0.3, -0.25) is 0 Å². The van der Waals surface area contributed by atoms with Crippen molar-refractivity contribution in [1.29, 1.82) is 0 Å². The first-order chi connectivity index (χ1) is 8.90. The second kappa shape index (κ2) is 6.65. The molecule has 2 nitrogen and oxygen atoms in total. The molecule has 0 heterocycles. The molecule has 0 amide bonds. The molecule has 0 aliphatic rings. The Labute approximate surface area is 114 Å². The number of carbonyl (C=O) groups is 1. The van der Waals surface area contributed by atoms with Crippen molar-refractivity contribution < 1.29 is 22.7 Å². The van der Waals surface area contributed by atoms with Crippen molar-refractivity contribution in [3.63, 3.8) is 0 Å². The van der Waals surface area contributed by atoms with Crippen LogP contribution in [0, 0.1) is 0 Å². The van der Waals surface area contributed by atoms with Crippen molar-refractivity contribution in [3.8, 4) is 0 Å². The van der Waals surface area contributed by atoms with Gasteiger partial charge in [0.2, 0.25) is 0 Å². The number of carbonyl (C=O) groups excluding carboxylic acids is 1. The summed E-state index contributed by atoms with van der Waals surface area (Å²) < 4.78 is 42.5. The molecule has 0 saturated carbocycles. The smallest absolute Gasteiger partial charge is 0.416 e. The van der Waals surface area contributed by atoms with Crippen LogP contribution in [-0.4, -0.2) is 17.9 Å². The fraction of sp³-hybridized carbons (Fsp3) is 0.385. The lowest BCUT2D eigenvalue weighted by Crippen LogP contribution is -2.12. The van der Waals surface area contributed by atoms with Crippen LogP contribution in [0.4, 0.5) is 13.2 Å². The Kier molecular flexibility index (Phi) is 5.47. The van der Waals surface area contributed by atoms with Crippen LogP contribution in [0.15, 0.2) is 18.2 Å². The number of hydrogen-bond acceptors (Lipinski definition) is 3. The quantitative estimate of drug-likeness (QED) is 0.465. The SMILES string of the molecule is CCCCOC(=O)c1ccc(C(F)(F)F)cc1C=S. The Bertz CT molecular complexity index is 469. The third-order valence-electron chi connectivity index (χ3n) is 2.46. The fourth-order valence-electron chi connectivity index (χ4n) is 1.41. The molecule has 0 radical (unpaired) electrons. The Morgan fingerprint density at radius 2 is 2.11 bits per heavy atom. The Morgan fingerprint density at radius 1 is 1.42 bits per heavy atom. The second-order valence-corrected chi connectivity index (χ2v) is 4.14. The fourth-order valence-corrected chi connectivity index (χ4v) is 1.60. The molecule has 0 spiro atoms. The first kappa shape index (κ1) is 15.6. The summed E-state index contributed by atoms with van der Waals surface area (Å²) in [4.78, 5) is 11.7. The van der Waals surface area contributed by atoms with E-state index in [4.69, 9.17) is 4.74 Å². The van der Waals surface area contributed by atoms with E-state index in [0.717, 1.165) is 30.0 Å². The number of ether oxygens (including phenoxy) is 1. The van der Waals surface area contributed by atoms with Gasteiger partial charge in [0, 0.05) is 10.9 Å². The summed E-state index contributed by atoms with van der Waals surface area (Å²) in [5.74, 6) is -0.654. The van der Waals surface area contributed by atoms with E-state index >= 15 is 0 Å². The first-order valence-electron chi connectivity index (χ1n) is 5.73. The van der Waals surface area contributed by atoms with E-state index in [2.05, 4.69) is 12.2 Å². The van der Waals surface area contributed by atoms with Gasteiger partial charge in [0.25, 0.3) is 0 Å². The van der Waals surface area contributed by atoms with Gasteiger partial charge in [0.15, 0.2) is 0 Å². The number of esters is 1. The Hall–Kier alpha value is -1.43. The van der Waals surface area contributed by atoms with Crippen molar-refractivity contribution in [2.75, 3.05) is 6.61 Å². The molecule has 104 valence electrons. The standard InChI is InChI=1S/C13H13F3O2S/c1-2-3-6-18-12(17)11-5-4-10(13(14,15)16)7-9(11)8-19/h4-5,7-8H,2-3,6H2,1H3. The van der Waals surface area contributed by atoms with E-state index in [-0.39, 0.29) is 17.7 Å². The predicted molar refractivity (Wildman–Crippen MR) is 69.4 cm³/mol. The van der Waals surface area contributed by atoms with Crippen LogP contribution in [0.5, 0.6) is 0 Å². The summed E-state index contributed by atoms with van der Waals surface area (Å²) in [6.07, 6.45) is -2.89. The van der Waals surface area contributed by atoms with Crippen LogP contribution in [0.2, 0.25) is 0 Å². The van der Waals surface area contributed by atoms with Crippen LogP contribution in [0.1, 0.15) is 41.3 Å². The van der Waals surface area contributed by atoms with E-state index in [1.807, 2.05) is 6.92 Å². The monoisotopic (exact) mass is 290 g/mol. The highest BCUT2D eigenvalue weighted by atomic mass is 32.1. The van der Waals surface area contributed by atoms with Gasteiger partial charge in [-0.25, -0.2) is 4.79 Å². The summed E-state index contributed by atoms with van der Waals surface area (Å²) >= 11 is 4.64. The lowest BCUT2D eigenvalue weighted by molar-refractivity contribution is -0.137. The number of thiocarbonyl (C=S) groups is 1. The molecule has 0 bridgehead atoms. The van der Waals surface area contributed by atoms with Gasteiger partial charge in [-0.05, 0) is 24.6 Å². The van der Waals surface area contributed by atoms with E-state index in [1.165, 1.54) is 0 Å². The number of hydrogen-bond donors (Lipinski definition) is 0. The highest BCUT2D eigenvalue weighted by Crippen LogP contribution is 2.30. The highest BCUT2D eigenvalue weighted by Gasteiger charge is 2.31. The topological polar surface area (TPSA) is 26.3 Å². The summed E-state index contributed by atoms with van der Waals surface area (Å²) in [5.41, 5.74) is -0.737. The molecule has 0 aliphatic heterocycles. The molecule has 6 heteroatoms. The van der Waals surface area contributed by atoms with Crippen molar-refractivity contribution in [2.24, 2.45) is 0 Å². The molecule has 0 saturated heterocycles. The molecule has 0 atom stereocenters. The molecule has 0 N–H and O–H groups in total. The number of benzene rings is 1. The van der Waals surface area contributed by atoms with Gasteiger partial charge in [0.1, 0.15) is 0 Å². The highest BCUT2D eigenvalue weighted by molar-refractivity contribution is 7.79. The average molecular weight is 290 g/mol. The van der Waals surface area contributed by atoms with Crippen LogP contribution < -0.4 is 0 Å². The zero-order valence-electron chi connectivity index (χ0n) is 10.3. The normalized spacial score (nSPS) is 11.2.